The molecule has 3 rings (SSSR count). The number of thiophene rings is 1. The van der Waals surface area contributed by atoms with Gasteiger partial charge in [0.15, 0.2) is 0 Å². The van der Waals surface area contributed by atoms with Crippen LogP contribution in [-0.2, 0) is 11.2 Å². The molecule has 1 N–H and O–H groups in total. The number of hydrogen-bond donors (Lipinski definition) is 1. The summed E-state index contributed by atoms with van der Waals surface area (Å²) in [6.45, 7) is 2.78. The van der Waals surface area contributed by atoms with E-state index in [1.807, 2.05) is 19.1 Å². The first-order valence-electron chi connectivity index (χ1n) is 6.78. The molecule has 0 radical (unpaired) electrons. The number of aryl methyl sites for hydroxylation is 1. The zero-order chi connectivity index (χ0) is 14.1. The third-order valence-corrected chi connectivity index (χ3v) is 5.97. The Kier molecular flexibility index (Phi) is 4.26. The van der Waals surface area contributed by atoms with Crippen molar-refractivity contribution in [1.29, 1.82) is 0 Å². The average Bonchev–Trinajstić information content (AvgIpc) is 2.79. The molecule has 1 aromatic heterocycles. The highest BCUT2D eigenvalue weighted by Gasteiger charge is 2.24. The molecule has 0 aliphatic carbocycles. The summed E-state index contributed by atoms with van der Waals surface area (Å²) in [5.74, 6) is 0. The predicted octanol–water partition coefficient (Wildman–Crippen LogP) is 4.56. The summed E-state index contributed by atoms with van der Waals surface area (Å²) >= 11 is 5.11. The van der Waals surface area contributed by atoms with Gasteiger partial charge in [-0.05, 0) is 52.0 Å². The topological polar surface area (TPSA) is 29.5 Å². The number of rotatable bonds is 3. The molecule has 20 heavy (non-hydrogen) atoms. The predicted molar refractivity (Wildman–Crippen MR) is 85.2 cm³/mol. The van der Waals surface area contributed by atoms with E-state index in [9.17, 15) is 5.11 Å². The van der Waals surface area contributed by atoms with Crippen LogP contribution < -0.4 is 0 Å². The van der Waals surface area contributed by atoms with E-state index in [4.69, 9.17) is 4.74 Å². The summed E-state index contributed by atoms with van der Waals surface area (Å²) in [5, 5.41) is 10.4. The standard InChI is InChI=1S/C16H17BrO2S/c1-10-8-15(20-16(10)17)13(18)9-14-12-5-3-2-4-11(12)6-7-19-14/h2-5,8,13-14,18H,6-7,9H2,1H3. The molecule has 4 heteroatoms. The van der Waals surface area contributed by atoms with Crippen LogP contribution in [0.2, 0.25) is 0 Å². The van der Waals surface area contributed by atoms with Gasteiger partial charge in [0, 0.05) is 11.3 Å². The molecule has 0 bridgehead atoms. The smallest absolute Gasteiger partial charge is 0.0910 e. The number of halogens is 1. The maximum absolute atomic E-state index is 10.4. The fraction of sp³-hybridized carbons (Fsp3) is 0.375. The van der Waals surface area contributed by atoms with Crippen molar-refractivity contribution in [3.8, 4) is 0 Å². The van der Waals surface area contributed by atoms with Crippen molar-refractivity contribution < 1.29 is 9.84 Å². The zero-order valence-corrected chi connectivity index (χ0v) is 13.7. The summed E-state index contributed by atoms with van der Waals surface area (Å²) < 4.78 is 6.96. The number of ether oxygens (including phenoxy) is 1. The second kappa shape index (κ2) is 5.98. The van der Waals surface area contributed by atoms with Crippen LogP contribution in [0.3, 0.4) is 0 Å². The van der Waals surface area contributed by atoms with Crippen molar-refractivity contribution in [1.82, 2.24) is 0 Å². The molecule has 0 saturated carbocycles. The molecule has 106 valence electrons. The number of hydrogen-bond acceptors (Lipinski definition) is 3. The van der Waals surface area contributed by atoms with Gasteiger partial charge < -0.3 is 9.84 Å². The molecule has 0 saturated heterocycles. The summed E-state index contributed by atoms with van der Waals surface area (Å²) in [6, 6.07) is 10.4. The van der Waals surface area contributed by atoms with Crippen molar-refractivity contribution in [2.24, 2.45) is 0 Å². The van der Waals surface area contributed by atoms with E-state index < -0.39 is 6.10 Å². The lowest BCUT2D eigenvalue weighted by molar-refractivity contribution is 0.00456. The van der Waals surface area contributed by atoms with Gasteiger partial charge in [0.25, 0.3) is 0 Å². The van der Waals surface area contributed by atoms with Gasteiger partial charge in [-0.2, -0.15) is 0 Å². The van der Waals surface area contributed by atoms with E-state index >= 15 is 0 Å². The Hall–Kier alpha value is -0.680. The molecule has 2 atom stereocenters. The first-order valence-corrected chi connectivity index (χ1v) is 8.39. The maximum Gasteiger partial charge on any atom is 0.0910 e. The van der Waals surface area contributed by atoms with Gasteiger partial charge in [-0.1, -0.05) is 24.3 Å². The third kappa shape index (κ3) is 2.84. The van der Waals surface area contributed by atoms with E-state index in [0.717, 1.165) is 21.7 Å². The largest absolute Gasteiger partial charge is 0.387 e. The average molecular weight is 353 g/mol. The van der Waals surface area contributed by atoms with Crippen molar-refractivity contribution in [3.05, 3.63) is 55.7 Å². The number of aliphatic hydroxyl groups excluding tert-OH is 1. The van der Waals surface area contributed by atoms with Crippen LogP contribution in [0.1, 0.15) is 40.2 Å². The molecule has 1 aliphatic heterocycles. The molecule has 2 nitrogen and oxygen atoms in total. The molecule has 0 fully saturated rings. The first-order chi connectivity index (χ1) is 9.65. The molecule has 2 heterocycles. The lowest BCUT2D eigenvalue weighted by Gasteiger charge is -2.27. The molecule has 2 aromatic rings. The van der Waals surface area contributed by atoms with Crippen LogP contribution in [-0.4, -0.2) is 11.7 Å². The summed E-state index contributed by atoms with van der Waals surface area (Å²) in [7, 11) is 0. The second-order valence-electron chi connectivity index (χ2n) is 5.17. The monoisotopic (exact) mass is 352 g/mol. The minimum Gasteiger partial charge on any atom is -0.387 e. The lowest BCUT2D eigenvalue weighted by atomic mass is 9.94. The van der Waals surface area contributed by atoms with Gasteiger partial charge in [-0.15, -0.1) is 11.3 Å². The van der Waals surface area contributed by atoms with E-state index in [1.54, 1.807) is 11.3 Å². The Morgan fingerprint density at radius 1 is 1.45 bits per heavy atom. The fourth-order valence-electron chi connectivity index (χ4n) is 2.64. The van der Waals surface area contributed by atoms with Crippen LogP contribution in [0.4, 0.5) is 0 Å². The van der Waals surface area contributed by atoms with E-state index in [0.29, 0.717) is 6.42 Å². The minimum atomic E-state index is -0.471. The second-order valence-corrected chi connectivity index (χ2v) is 7.57. The van der Waals surface area contributed by atoms with E-state index in [1.165, 1.54) is 16.7 Å². The molecular formula is C16H17BrO2S. The highest BCUT2D eigenvalue weighted by atomic mass is 79.9. The van der Waals surface area contributed by atoms with Gasteiger partial charge in [0.05, 0.1) is 22.6 Å². The van der Waals surface area contributed by atoms with Crippen molar-refractivity contribution >= 4 is 27.3 Å². The Balaban J connectivity index is 1.78. The van der Waals surface area contributed by atoms with Crippen molar-refractivity contribution in [3.63, 3.8) is 0 Å². The number of aliphatic hydroxyl groups is 1. The molecule has 1 aromatic carbocycles. The minimum absolute atomic E-state index is 0.00358. The van der Waals surface area contributed by atoms with E-state index in [-0.39, 0.29) is 6.10 Å². The van der Waals surface area contributed by atoms with Crippen molar-refractivity contribution in [2.75, 3.05) is 6.61 Å². The highest BCUT2D eigenvalue weighted by molar-refractivity contribution is 9.11. The van der Waals surface area contributed by atoms with Crippen LogP contribution in [0, 0.1) is 6.92 Å². The Labute approximate surface area is 131 Å². The maximum atomic E-state index is 10.4. The SMILES string of the molecule is Cc1cc(C(O)CC2OCCc3ccccc32)sc1Br. The van der Waals surface area contributed by atoms with Gasteiger partial charge >= 0.3 is 0 Å². The Bertz CT molecular complexity index is 589. The fourth-order valence-corrected chi connectivity index (χ4v) is 4.21. The van der Waals surface area contributed by atoms with Crippen LogP contribution in [0.5, 0.6) is 0 Å². The van der Waals surface area contributed by atoms with Gasteiger partial charge in [0.1, 0.15) is 0 Å². The first kappa shape index (κ1) is 14.3. The Morgan fingerprint density at radius 3 is 3.00 bits per heavy atom. The van der Waals surface area contributed by atoms with Crippen molar-refractivity contribution in [2.45, 2.75) is 32.0 Å². The molecule has 0 spiro atoms. The number of fused-ring (bicyclic) bond motifs is 1. The summed E-state index contributed by atoms with van der Waals surface area (Å²) in [6.07, 6.45) is 1.10. The molecule has 0 amide bonds. The third-order valence-electron chi connectivity index (χ3n) is 3.73. The zero-order valence-electron chi connectivity index (χ0n) is 11.3. The van der Waals surface area contributed by atoms with Gasteiger partial charge in [0.2, 0.25) is 0 Å². The van der Waals surface area contributed by atoms with Gasteiger partial charge in [-0.25, -0.2) is 0 Å². The highest BCUT2D eigenvalue weighted by Crippen LogP contribution is 2.38. The van der Waals surface area contributed by atoms with E-state index in [2.05, 4.69) is 34.1 Å². The number of benzene rings is 1. The normalized spacial score (nSPS) is 19.6. The van der Waals surface area contributed by atoms with Crippen LogP contribution >= 0.6 is 27.3 Å². The summed E-state index contributed by atoms with van der Waals surface area (Å²) in [5.41, 5.74) is 3.75. The quantitative estimate of drug-likeness (QED) is 0.877. The van der Waals surface area contributed by atoms with Crippen LogP contribution in [0.15, 0.2) is 34.1 Å². The Morgan fingerprint density at radius 2 is 2.25 bits per heavy atom. The molecule has 1 aliphatic rings. The molecular weight excluding hydrogens is 336 g/mol. The lowest BCUT2D eigenvalue weighted by Crippen LogP contribution is -2.18. The van der Waals surface area contributed by atoms with Crippen LogP contribution in [0.25, 0.3) is 0 Å². The summed E-state index contributed by atoms with van der Waals surface area (Å²) in [4.78, 5) is 1.00. The molecule has 2 unspecified atom stereocenters. The van der Waals surface area contributed by atoms with Gasteiger partial charge in [-0.3, -0.25) is 0 Å².